The summed E-state index contributed by atoms with van der Waals surface area (Å²) in [6, 6.07) is 3.57. The molecule has 16 heavy (non-hydrogen) atoms. The minimum absolute atomic E-state index is 0.338. The largest absolute Gasteiger partial charge is 0.467 e. The third kappa shape index (κ3) is 2.10. The molecule has 0 aliphatic carbocycles. The smallest absolute Gasteiger partial charge is 0.352 e. The van der Waals surface area contributed by atoms with E-state index in [4.69, 9.17) is 4.42 Å². The summed E-state index contributed by atoms with van der Waals surface area (Å²) in [5, 5.41) is 0. The first-order valence-corrected chi connectivity index (χ1v) is 4.80. The highest BCUT2D eigenvalue weighted by molar-refractivity contribution is 5.23. The number of rotatable bonds is 3. The van der Waals surface area contributed by atoms with E-state index in [0.29, 0.717) is 18.3 Å². The average molecular weight is 220 g/mol. The van der Waals surface area contributed by atoms with E-state index >= 15 is 0 Å². The molecule has 0 unspecified atom stereocenters. The Balaban J connectivity index is 2.27. The van der Waals surface area contributed by atoms with Crippen molar-refractivity contribution < 1.29 is 4.42 Å². The van der Waals surface area contributed by atoms with Crippen molar-refractivity contribution in [3.05, 3.63) is 41.0 Å². The van der Waals surface area contributed by atoms with Crippen LogP contribution in [0.4, 0.5) is 5.95 Å². The van der Waals surface area contributed by atoms with Gasteiger partial charge in [0.15, 0.2) is 0 Å². The Hall–Kier alpha value is -2.11. The number of furan rings is 1. The fourth-order valence-corrected chi connectivity index (χ4v) is 1.24. The van der Waals surface area contributed by atoms with Gasteiger partial charge in [-0.3, -0.25) is 4.57 Å². The van der Waals surface area contributed by atoms with Crippen molar-refractivity contribution >= 4 is 5.95 Å². The highest BCUT2D eigenvalue weighted by atomic mass is 16.3. The zero-order chi connectivity index (χ0) is 11.5. The number of anilines is 1. The van der Waals surface area contributed by atoms with Crippen LogP contribution < -0.4 is 10.6 Å². The van der Waals surface area contributed by atoms with Crippen LogP contribution in [0, 0.1) is 0 Å². The van der Waals surface area contributed by atoms with Gasteiger partial charge in [-0.25, -0.2) is 9.78 Å². The highest BCUT2D eigenvalue weighted by Gasteiger charge is 2.04. The Morgan fingerprint density at radius 3 is 2.88 bits per heavy atom. The molecule has 0 saturated carbocycles. The van der Waals surface area contributed by atoms with Crippen molar-refractivity contribution in [3.63, 3.8) is 0 Å². The molecular formula is C10H12N4O2. The highest BCUT2D eigenvalue weighted by Crippen LogP contribution is 2.02. The second-order valence-electron chi connectivity index (χ2n) is 3.54. The van der Waals surface area contributed by atoms with Crippen LogP contribution in [0.5, 0.6) is 0 Å². The fraction of sp³-hybridized carbons (Fsp3) is 0.300. The summed E-state index contributed by atoms with van der Waals surface area (Å²) in [6.45, 7) is 0.347. The maximum absolute atomic E-state index is 11.6. The van der Waals surface area contributed by atoms with E-state index in [-0.39, 0.29) is 5.69 Å². The monoisotopic (exact) mass is 220 g/mol. The normalized spacial score (nSPS) is 10.4. The molecule has 0 radical (unpaired) electrons. The first kappa shape index (κ1) is 10.4. The molecule has 0 aromatic carbocycles. The van der Waals surface area contributed by atoms with Gasteiger partial charge in [-0.1, -0.05) is 0 Å². The van der Waals surface area contributed by atoms with Gasteiger partial charge < -0.3 is 9.32 Å². The van der Waals surface area contributed by atoms with Crippen LogP contribution in [0.2, 0.25) is 0 Å². The second kappa shape index (κ2) is 4.18. The molecule has 2 heterocycles. The summed E-state index contributed by atoms with van der Waals surface area (Å²) in [5.41, 5.74) is -0.338. The number of aromatic nitrogens is 3. The molecule has 0 aliphatic rings. The molecule has 0 aliphatic heterocycles. The molecule has 0 bridgehead atoms. The van der Waals surface area contributed by atoms with Gasteiger partial charge in [-0.15, -0.1) is 0 Å². The fourth-order valence-electron chi connectivity index (χ4n) is 1.24. The quantitative estimate of drug-likeness (QED) is 0.746. The summed E-state index contributed by atoms with van der Waals surface area (Å²) in [4.78, 5) is 21.2. The van der Waals surface area contributed by atoms with Gasteiger partial charge in [0.1, 0.15) is 12.1 Å². The summed E-state index contributed by atoms with van der Waals surface area (Å²) in [5.74, 6) is 1.10. The summed E-state index contributed by atoms with van der Waals surface area (Å²) >= 11 is 0. The first-order chi connectivity index (χ1) is 7.66. The zero-order valence-electron chi connectivity index (χ0n) is 9.12. The van der Waals surface area contributed by atoms with Crippen LogP contribution in [0.1, 0.15) is 5.76 Å². The molecule has 6 heteroatoms. The van der Waals surface area contributed by atoms with Crippen LogP contribution in [-0.2, 0) is 6.54 Å². The maximum atomic E-state index is 11.6. The van der Waals surface area contributed by atoms with Crippen LogP contribution in [0.15, 0.2) is 33.9 Å². The zero-order valence-corrected chi connectivity index (χ0v) is 9.12. The van der Waals surface area contributed by atoms with Crippen molar-refractivity contribution in [1.29, 1.82) is 0 Å². The molecule has 2 aromatic heterocycles. The predicted molar refractivity (Wildman–Crippen MR) is 58.4 cm³/mol. The van der Waals surface area contributed by atoms with Crippen LogP contribution >= 0.6 is 0 Å². The Kier molecular flexibility index (Phi) is 2.72. The SMILES string of the molecule is CN(C)c1ncn(Cc2ccco2)c(=O)n1. The van der Waals surface area contributed by atoms with Gasteiger partial charge >= 0.3 is 5.69 Å². The summed E-state index contributed by atoms with van der Waals surface area (Å²) < 4.78 is 6.54. The molecule has 84 valence electrons. The van der Waals surface area contributed by atoms with Crippen molar-refractivity contribution in [2.45, 2.75) is 6.54 Å². The minimum atomic E-state index is -0.338. The molecule has 0 N–H and O–H groups in total. The van der Waals surface area contributed by atoms with E-state index in [1.165, 1.54) is 10.9 Å². The van der Waals surface area contributed by atoms with Gasteiger partial charge in [0, 0.05) is 14.1 Å². The van der Waals surface area contributed by atoms with Gasteiger partial charge in [-0.05, 0) is 12.1 Å². The van der Waals surface area contributed by atoms with Crippen molar-refractivity contribution in [2.75, 3.05) is 19.0 Å². The first-order valence-electron chi connectivity index (χ1n) is 4.80. The van der Waals surface area contributed by atoms with E-state index in [2.05, 4.69) is 9.97 Å². The number of hydrogen-bond donors (Lipinski definition) is 0. The lowest BCUT2D eigenvalue weighted by molar-refractivity contribution is 0.485. The van der Waals surface area contributed by atoms with Crippen LogP contribution in [0.3, 0.4) is 0 Å². The molecule has 0 saturated heterocycles. The van der Waals surface area contributed by atoms with Crippen LogP contribution in [-0.4, -0.2) is 28.6 Å². The molecule has 0 fully saturated rings. The van der Waals surface area contributed by atoms with Gasteiger partial charge in [0.05, 0.1) is 12.8 Å². The van der Waals surface area contributed by atoms with E-state index in [9.17, 15) is 4.79 Å². The molecule has 2 aromatic rings. The average Bonchev–Trinajstić information content (AvgIpc) is 2.73. The number of nitrogens with zero attached hydrogens (tertiary/aromatic N) is 4. The lowest BCUT2D eigenvalue weighted by Crippen LogP contribution is -2.27. The Morgan fingerprint density at radius 1 is 1.50 bits per heavy atom. The molecule has 2 rings (SSSR count). The van der Waals surface area contributed by atoms with Gasteiger partial charge in [0.2, 0.25) is 5.95 Å². The third-order valence-electron chi connectivity index (χ3n) is 2.06. The van der Waals surface area contributed by atoms with E-state index in [1.54, 1.807) is 37.4 Å². The Labute approximate surface area is 92.2 Å². The molecule has 0 atom stereocenters. The van der Waals surface area contributed by atoms with Gasteiger partial charge in [0.25, 0.3) is 0 Å². The van der Waals surface area contributed by atoms with Crippen molar-refractivity contribution in [3.8, 4) is 0 Å². The summed E-state index contributed by atoms with van der Waals surface area (Å²) in [7, 11) is 3.57. The Bertz CT molecular complexity index is 516. The van der Waals surface area contributed by atoms with E-state index in [1.807, 2.05) is 0 Å². The molecular weight excluding hydrogens is 208 g/mol. The molecule has 0 spiro atoms. The predicted octanol–water partition coefficient (Wildman–Crippen LogP) is 0.346. The van der Waals surface area contributed by atoms with E-state index < -0.39 is 0 Å². The maximum Gasteiger partial charge on any atom is 0.352 e. The molecule has 6 nitrogen and oxygen atoms in total. The van der Waals surface area contributed by atoms with E-state index in [0.717, 1.165) is 0 Å². The second-order valence-corrected chi connectivity index (χ2v) is 3.54. The Morgan fingerprint density at radius 2 is 2.31 bits per heavy atom. The van der Waals surface area contributed by atoms with Gasteiger partial charge in [-0.2, -0.15) is 4.98 Å². The van der Waals surface area contributed by atoms with Crippen molar-refractivity contribution in [2.24, 2.45) is 0 Å². The minimum Gasteiger partial charge on any atom is -0.467 e. The standard InChI is InChI=1S/C10H12N4O2/c1-13(2)9-11-7-14(10(15)12-9)6-8-4-3-5-16-8/h3-5,7H,6H2,1-2H3. The molecule has 0 amide bonds. The third-order valence-corrected chi connectivity index (χ3v) is 2.06. The topological polar surface area (TPSA) is 64.2 Å². The lowest BCUT2D eigenvalue weighted by Gasteiger charge is -2.09. The summed E-state index contributed by atoms with van der Waals surface area (Å²) in [6.07, 6.45) is 3.03. The lowest BCUT2D eigenvalue weighted by atomic mass is 10.4. The van der Waals surface area contributed by atoms with Crippen LogP contribution in [0.25, 0.3) is 0 Å². The number of hydrogen-bond acceptors (Lipinski definition) is 5. The van der Waals surface area contributed by atoms with Crippen molar-refractivity contribution in [1.82, 2.24) is 14.5 Å².